The number of hydrogen-bond donors (Lipinski definition) is 4. The number of carbonyl (C=O) groups excluding carboxylic acids is 2. The van der Waals surface area contributed by atoms with Crippen LogP contribution >= 0.6 is 0 Å². The second-order valence-corrected chi connectivity index (χ2v) is 7.90. The molecule has 0 spiro atoms. The van der Waals surface area contributed by atoms with Crippen molar-refractivity contribution >= 4 is 18.0 Å². The third kappa shape index (κ3) is 4.77. The quantitative estimate of drug-likeness (QED) is 0.410. The molecule has 0 heterocycles. The van der Waals surface area contributed by atoms with E-state index in [0.29, 0.717) is 5.56 Å². The lowest BCUT2D eigenvalue weighted by Crippen LogP contribution is -2.49. The highest BCUT2D eigenvalue weighted by molar-refractivity contribution is 5.90. The summed E-state index contributed by atoms with van der Waals surface area (Å²) in [5.41, 5.74) is 4.74. The van der Waals surface area contributed by atoms with Crippen LogP contribution in [0.4, 0.5) is 4.79 Å². The molecule has 0 aromatic heterocycles. The van der Waals surface area contributed by atoms with E-state index in [4.69, 9.17) is 9.84 Å². The summed E-state index contributed by atoms with van der Waals surface area (Å²) in [4.78, 5) is 36.7. The van der Waals surface area contributed by atoms with Gasteiger partial charge in [0.2, 0.25) is 5.91 Å². The number of amides is 2. The summed E-state index contributed by atoms with van der Waals surface area (Å²) in [6, 6.07) is 21.6. The average molecular weight is 460 g/mol. The molecule has 4 N–H and O–H groups in total. The summed E-state index contributed by atoms with van der Waals surface area (Å²) in [7, 11) is 0. The van der Waals surface area contributed by atoms with Crippen LogP contribution in [-0.2, 0) is 14.3 Å². The highest BCUT2D eigenvalue weighted by Gasteiger charge is 2.31. The molecule has 3 aromatic rings. The lowest BCUT2D eigenvalue weighted by molar-refractivity contribution is -0.143. The third-order valence-electron chi connectivity index (χ3n) is 5.80. The minimum atomic E-state index is -1.50. The van der Waals surface area contributed by atoms with Crippen molar-refractivity contribution in [1.82, 2.24) is 10.6 Å². The topological polar surface area (TPSA) is 125 Å². The average Bonchev–Trinajstić information content (AvgIpc) is 3.18. The summed E-state index contributed by atoms with van der Waals surface area (Å²) < 4.78 is 5.52. The number of ether oxygens (including phenoxy) is 1. The van der Waals surface area contributed by atoms with Crippen molar-refractivity contribution in [3.63, 3.8) is 0 Å². The summed E-state index contributed by atoms with van der Waals surface area (Å²) in [6.07, 6.45) is -0.818. The fraction of sp³-hybridized carbons (Fsp3) is 0.192. The van der Waals surface area contributed by atoms with Gasteiger partial charge in [0.05, 0.1) is 6.61 Å². The standard InChI is InChI=1S/C26H24N2O6/c29-14-22(25(31)32)27-24(30)23(16-8-2-1-3-9-16)28-26(33)34-15-21-19-12-6-4-10-17(19)18-11-5-7-13-20(18)21/h1-13,21-23,29H,14-15H2,(H,27,30)(H,28,33)(H,31,32)/t22-,23+/m0/s1. The zero-order valence-corrected chi connectivity index (χ0v) is 18.2. The van der Waals surface area contributed by atoms with Crippen LogP contribution in [0.25, 0.3) is 11.1 Å². The van der Waals surface area contributed by atoms with Gasteiger partial charge in [-0.25, -0.2) is 9.59 Å². The molecule has 8 nitrogen and oxygen atoms in total. The normalized spacial score (nSPS) is 13.8. The van der Waals surface area contributed by atoms with Crippen LogP contribution in [0.15, 0.2) is 78.9 Å². The van der Waals surface area contributed by atoms with Gasteiger partial charge >= 0.3 is 12.1 Å². The predicted octanol–water partition coefficient (Wildman–Crippen LogP) is 2.83. The molecule has 8 heteroatoms. The molecule has 34 heavy (non-hydrogen) atoms. The summed E-state index contributed by atoms with van der Waals surface area (Å²) in [5.74, 6) is -2.31. The number of nitrogens with one attached hydrogen (secondary N) is 2. The predicted molar refractivity (Wildman–Crippen MR) is 124 cm³/mol. The number of alkyl carbamates (subject to hydrolysis) is 1. The van der Waals surface area contributed by atoms with E-state index in [1.165, 1.54) is 0 Å². The van der Waals surface area contributed by atoms with Crippen LogP contribution in [-0.4, -0.2) is 47.4 Å². The molecule has 4 rings (SSSR count). The van der Waals surface area contributed by atoms with Gasteiger partial charge in [-0.05, 0) is 27.8 Å². The van der Waals surface area contributed by atoms with Crippen LogP contribution < -0.4 is 10.6 Å². The Kier molecular flexibility index (Phi) is 6.89. The Bertz CT molecular complexity index is 1150. The number of carboxylic acid groups (broad SMARTS) is 1. The first kappa shape index (κ1) is 23.0. The van der Waals surface area contributed by atoms with Gasteiger partial charge in [-0.1, -0.05) is 78.9 Å². The molecule has 0 fully saturated rings. The van der Waals surface area contributed by atoms with E-state index in [1.54, 1.807) is 30.3 Å². The number of aliphatic hydroxyl groups is 1. The number of carbonyl (C=O) groups is 3. The van der Waals surface area contributed by atoms with E-state index in [-0.39, 0.29) is 12.5 Å². The number of benzene rings is 3. The maximum atomic E-state index is 12.8. The molecule has 0 saturated carbocycles. The maximum absolute atomic E-state index is 12.8. The molecule has 2 amide bonds. The molecule has 0 bridgehead atoms. The van der Waals surface area contributed by atoms with Gasteiger partial charge in [0.25, 0.3) is 0 Å². The number of hydrogen-bond acceptors (Lipinski definition) is 5. The molecule has 1 aliphatic carbocycles. The molecule has 3 aromatic carbocycles. The number of aliphatic hydroxyl groups excluding tert-OH is 1. The number of carboxylic acids is 1. The van der Waals surface area contributed by atoms with Crippen molar-refractivity contribution in [1.29, 1.82) is 0 Å². The first-order valence-electron chi connectivity index (χ1n) is 10.8. The second-order valence-electron chi connectivity index (χ2n) is 7.90. The number of rotatable bonds is 8. The van der Waals surface area contributed by atoms with Gasteiger partial charge < -0.3 is 25.6 Å². The van der Waals surface area contributed by atoms with Crippen molar-refractivity contribution in [3.05, 3.63) is 95.6 Å². The smallest absolute Gasteiger partial charge is 0.408 e. The Balaban J connectivity index is 1.48. The molecule has 1 aliphatic rings. The molecule has 0 saturated heterocycles. The maximum Gasteiger partial charge on any atom is 0.408 e. The van der Waals surface area contributed by atoms with Gasteiger partial charge in [0, 0.05) is 5.92 Å². The van der Waals surface area contributed by atoms with Gasteiger partial charge in [-0.3, -0.25) is 4.79 Å². The van der Waals surface area contributed by atoms with Crippen molar-refractivity contribution < 1.29 is 29.3 Å². The largest absolute Gasteiger partial charge is 0.480 e. The molecular weight excluding hydrogens is 436 g/mol. The Morgan fingerprint density at radius 3 is 1.94 bits per heavy atom. The number of aliphatic carboxylic acids is 1. The van der Waals surface area contributed by atoms with Crippen LogP contribution in [0.2, 0.25) is 0 Å². The lowest BCUT2D eigenvalue weighted by Gasteiger charge is -2.21. The van der Waals surface area contributed by atoms with Crippen LogP contribution in [0, 0.1) is 0 Å². The van der Waals surface area contributed by atoms with E-state index < -0.39 is 36.7 Å². The highest BCUT2D eigenvalue weighted by atomic mass is 16.5. The van der Waals surface area contributed by atoms with Gasteiger partial charge in [-0.15, -0.1) is 0 Å². The number of fused-ring (bicyclic) bond motifs is 3. The molecule has 2 atom stereocenters. The van der Waals surface area contributed by atoms with E-state index in [1.807, 2.05) is 48.5 Å². The van der Waals surface area contributed by atoms with Gasteiger partial charge in [0.15, 0.2) is 0 Å². The first-order valence-corrected chi connectivity index (χ1v) is 10.8. The Labute approximate surface area is 196 Å². The third-order valence-corrected chi connectivity index (χ3v) is 5.80. The first-order chi connectivity index (χ1) is 16.5. The lowest BCUT2D eigenvalue weighted by atomic mass is 9.98. The molecule has 0 aliphatic heterocycles. The highest BCUT2D eigenvalue weighted by Crippen LogP contribution is 2.44. The Morgan fingerprint density at radius 2 is 1.38 bits per heavy atom. The van der Waals surface area contributed by atoms with E-state index >= 15 is 0 Å². The van der Waals surface area contributed by atoms with Crippen LogP contribution in [0.1, 0.15) is 28.7 Å². The van der Waals surface area contributed by atoms with E-state index in [9.17, 15) is 19.5 Å². The zero-order chi connectivity index (χ0) is 24.1. The van der Waals surface area contributed by atoms with Crippen molar-refractivity contribution in [2.75, 3.05) is 13.2 Å². The van der Waals surface area contributed by atoms with Crippen LogP contribution in [0.3, 0.4) is 0 Å². The SMILES string of the molecule is O=C(N[C@@H](C(=O)N[C@@H](CO)C(=O)O)c1ccccc1)OCC1c2ccccc2-c2ccccc21. The molecular formula is C26H24N2O6. The minimum Gasteiger partial charge on any atom is -0.480 e. The summed E-state index contributed by atoms with van der Waals surface area (Å²) in [6.45, 7) is -0.717. The van der Waals surface area contributed by atoms with Gasteiger partial charge in [0.1, 0.15) is 18.7 Å². The summed E-state index contributed by atoms with van der Waals surface area (Å²) in [5, 5.41) is 23.1. The van der Waals surface area contributed by atoms with E-state index in [2.05, 4.69) is 10.6 Å². The van der Waals surface area contributed by atoms with Crippen molar-refractivity contribution in [3.8, 4) is 11.1 Å². The fourth-order valence-electron chi connectivity index (χ4n) is 4.14. The fourth-order valence-corrected chi connectivity index (χ4v) is 4.14. The van der Waals surface area contributed by atoms with Gasteiger partial charge in [-0.2, -0.15) is 0 Å². The minimum absolute atomic E-state index is 0.0668. The van der Waals surface area contributed by atoms with Crippen LogP contribution in [0.5, 0.6) is 0 Å². The Hall–Kier alpha value is -4.17. The zero-order valence-electron chi connectivity index (χ0n) is 18.2. The van der Waals surface area contributed by atoms with Crippen molar-refractivity contribution in [2.45, 2.75) is 18.0 Å². The monoisotopic (exact) mass is 460 g/mol. The van der Waals surface area contributed by atoms with E-state index in [0.717, 1.165) is 22.3 Å². The Morgan fingerprint density at radius 1 is 0.824 bits per heavy atom. The van der Waals surface area contributed by atoms with Crippen molar-refractivity contribution in [2.24, 2.45) is 0 Å². The molecule has 0 radical (unpaired) electrons. The molecule has 174 valence electrons. The molecule has 0 unspecified atom stereocenters. The second kappa shape index (κ2) is 10.2. The summed E-state index contributed by atoms with van der Waals surface area (Å²) >= 11 is 0.